The van der Waals surface area contributed by atoms with E-state index in [1.165, 1.54) is 13.0 Å². The molecule has 1 aromatic rings. The molecule has 1 aliphatic rings. The third-order valence-corrected chi connectivity index (χ3v) is 3.14. The number of carboxylic acid groups (broad SMARTS) is 1. The standard InChI is InChI=1S/C13H11N3O4/c1-13(9-4-2-3-8(5-9)6-14)11(19)16(7-10(17)18)12(20)15-13/h2-5H,7H2,1H3,(H,15,20)(H,17,18). The molecule has 1 fully saturated rings. The van der Waals surface area contributed by atoms with Crippen LogP contribution in [-0.2, 0) is 15.1 Å². The number of urea groups is 1. The second-order valence-electron chi connectivity index (χ2n) is 4.53. The van der Waals surface area contributed by atoms with Gasteiger partial charge in [0.05, 0.1) is 11.6 Å². The third kappa shape index (κ3) is 2.07. The fourth-order valence-electron chi connectivity index (χ4n) is 2.07. The molecule has 1 unspecified atom stereocenters. The molecule has 0 spiro atoms. The fourth-order valence-corrected chi connectivity index (χ4v) is 2.07. The third-order valence-electron chi connectivity index (χ3n) is 3.14. The average Bonchev–Trinajstić information content (AvgIpc) is 2.63. The van der Waals surface area contributed by atoms with E-state index in [2.05, 4.69) is 5.32 Å². The van der Waals surface area contributed by atoms with Crippen molar-refractivity contribution in [3.63, 3.8) is 0 Å². The van der Waals surface area contributed by atoms with Gasteiger partial charge in [0.25, 0.3) is 5.91 Å². The molecule has 1 atom stereocenters. The van der Waals surface area contributed by atoms with E-state index in [-0.39, 0.29) is 0 Å². The van der Waals surface area contributed by atoms with Gasteiger partial charge in [0.2, 0.25) is 0 Å². The lowest BCUT2D eigenvalue weighted by Crippen LogP contribution is -2.41. The Morgan fingerprint density at radius 1 is 1.50 bits per heavy atom. The van der Waals surface area contributed by atoms with E-state index < -0.39 is 30.0 Å². The molecule has 0 aliphatic carbocycles. The van der Waals surface area contributed by atoms with Gasteiger partial charge in [-0.15, -0.1) is 0 Å². The van der Waals surface area contributed by atoms with E-state index in [0.29, 0.717) is 16.0 Å². The molecule has 20 heavy (non-hydrogen) atoms. The topological polar surface area (TPSA) is 110 Å². The Bertz CT molecular complexity index is 649. The first-order chi connectivity index (χ1) is 9.38. The van der Waals surface area contributed by atoms with Gasteiger partial charge in [-0.2, -0.15) is 5.26 Å². The molecule has 7 nitrogen and oxygen atoms in total. The van der Waals surface area contributed by atoms with Crippen molar-refractivity contribution in [3.8, 4) is 6.07 Å². The predicted molar refractivity (Wildman–Crippen MR) is 66.4 cm³/mol. The van der Waals surface area contributed by atoms with E-state index >= 15 is 0 Å². The molecule has 1 saturated heterocycles. The van der Waals surface area contributed by atoms with Crippen molar-refractivity contribution < 1.29 is 19.5 Å². The quantitative estimate of drug-likeness (QED) is 0.775. The van der Waals surface area contributed by atoms with Crippen molar-refractivity contribution in [1.29, 1.82) is 5.26 Å². The summed E-state index contributed by atoms with van der Waals surface area (Å²) in [4.78, 5) is 35.3. The first kappa shape index (κ1) is 13.5. The van der Waals surface area contributed by atoms with Gasteiger partial charge in [-0.3, -0.25) is 14.5 Å². The fraction of sp³-hybridized carbons (Fsp3) is 0.231. The number of amides is 3. The maximum Gasteiger partial charge on any atom is 0.325 e. The molecule has 0 saturated carbocycles. The highest BCUT2D eigenvalue weighted by atomic mass is 16.4. The molecule has 1 aliphatic heterocycles. The molecule has 2 N–H and O–H groups in total. The van der Waals surface area contributed by atoms with Gasteiger partial charge in [0, 0.05) is 0 Å². The van der Waals surface area contributed by atoms with Crippen LogP contribution in [0.2, 0.25) is 0 Å². The Morgan fingerprint density at radius 2 is 2.20 bits per heavy atom. The summed E-state index contributed by atoms with van der Waals surface area (Å²) in [5.74, 6) is -1.93. The van der Waals surface area contributed by atoms with Crippen LogP contribution in [-0.4, -0.2) is 34.5 Å². The summed E-state index contributed by atoms with van der Waals surface area (Å²) in [6.45, 7) is 0.782. The summed E-state index contributed by atoms with van der Waals surface area (Å²) < 4.78 is 0. The Kier molecular flexibility index (Phi) is 3.16. The minimum Gasteiger partial charge on any atom is -0.480 e. The minimum atomic E-state index is -1.36. The summed E-state index contributed by atoms with van der Waals surface area (Å²) in [6.07, 6.45) is 0. The highest BCUT2D eigenvalue weighted by Crippen LogP contribution is 2.29. The van der Waals surface area contributed by atoms with E-state index in [0.717, 1.165) is 0 Å². The number of rotatable bonds is 3. The van der Waals surface area contributed by atoms with Crippen LogP contribution < -0.4 is 5.32 Å². The maximum absolute atomic E-state index is 12.3. The zero-order valence-corrected chi connectivity index (χ0v) is 10.6. The highest BCUT2D eigenvalue weighted by molar-refractivity contribution is 6.08. The summed E-state index contributed by atoms with van der Waals surface area (Å²) in [6, 6.07) is 7.44. The van der Waals surface area contributed by atoms with Crippen LogP contribution in [0.5, 0.6) is 0 Å². The van der Waals surface area contributed by atoms with Gasteiger partial charge in [-0.05, 0) is 24.6 Å². The van der Waals surface area contributed by atoms with Gasteiger partial charge in [0.1, 0.15) is 12.1 Å². The van der Waals surface area contributed by atoms with Gasteiger partial charge in [-0.25, -0.2) is 4.79 Å². The number of nitriles is 1. The SMILES string of the molecule is CC1(c2cccc(C#N)c2)NC(=O)N(CC(=O)O)C1=O. The van der Waals surface area contributed by atoms with Crippen LogP contribution in [0.4, 0.5) is 4.79 Å². The number of carbonyl (C=O) groups excluding carboxylic acids is 2. The molecule has 0 bridgehead atoms. The van der Waals surface area contributed by atoms with Crippen molar-refractivity contribution >= 4 is 17.9 Å². The Labute approximate surface area is 114 Å². The van der Waals surface area contributed by atoms with Gasteiger partial charge in [0.15, 0.2) is 0 Å². The number of imide groups is 1. The summed E-state index contributed by atoms with van der Waals surface area (Å²) >= 11 is 0. The van der Waals surface area contributed by atoms with E-state index in [1.54, 1.807) is 18.2 Å². The zero-order valence-electron chi connectivity index (χ0n) is 10.6. The Hall–Kier alpha value is -2.88. The number of carbonyl (C=O) groups is 3. The Balaban J connectivity index is 2.41. The van der Waals surface area contributed by atoms with E-state index in [1.807, 2.05) is 6.07 Å². The molecular weight excluding hydrogens is 262 g/mol. The van der Waals surface area contributed by atoms with Crippen molar-refractivity contribution in [2.24, 2.45) is 0 Å². The van der Waals surface area contributed by atoms with Gasteiger partial charge in [-0.1, -0.05) is 12.1 Å². The monoisotopic (exact) mass is 273 g/mol. The molecule has 1 heterocycles. The molecule has 0 radical (unpaired) electrons. The predicted octanol–water partition coefficient (Wildman–Crippen LogP) is 0.410. The summed E-state index contributed by atoms with van der Waals surface area (Å²) in [7, 11) is 0. The molecule has 3 amide bonds. The normalized spacial score (nSPS) is 21.5. The largest absolute Gasteiger partial charge is 0.480 e. The van der Waals surface area contributed by atoms with Crippen LogP contribution in [0.15, 0.2) is 24.3 Å². The molecule has 7 heteroatoms. The number of nitrogens with one attached hydrogen (secondary N) is 1. The molecule has 2 rings (SSSR count). The van der Waals surface area contributed by atoms with Crippen molar-refractivity contribution in [3.05, 3.63) is 35.4 Å². The molecule has 102 valence electrons. The number of benzene rings is 1. The van der Waals surface area contributed by atoms with E-state index in [9.17, 15) is 14.4 Å². The van der Waals surface area contributed by atoms with Crippen molar-refractivity contribution in [2.75, 3.05) is 6.54 Å². The van der Waals surface area contributed by atoms with Gasteiger partial charge < -0.3 is 10.4 Å². The van der Waals surface area contributed by atoms with Crippen LogP contribution in [0.3, 0.4) is 0 Å². The number of nitrogens with zero attached hydrogens (tertiary/aromatic N) is 2. The van der Waals surface area contributed by atoms with Gasteiger partial charge >= 0.3 is 12.0 Å². The van der Waals surface area contributed by atoms with Crippen molar-refractivity contribution in [2.45, 2.75) is 12.5 Å². The molecule has 0 aromatic heterocycles. The summed E-state index contributed by atoms with van der Waals surface area (Å²) in [5, 5.41) is 20.1. The lowest BCUT2D eigenvalue weighted by atomic mass is 9.91. The van der Waals surface area contributed by atoms with Crippen LogP contribution in [0, 0.1) is 11.3 Å². The lowest BCUT2D eigenvalue weighted by Gasteiger charge is -2.22. The second kappa shape index (κ2) is 4.66. The highest BCUT2D eigenvalue weighted by Gasteiger charge is 2.49. The van der Waals surface area contributed by atoms with Crippen LogP contribution in [0.1, 0.15) is 18.1 Å². The second-order valence-corrected chi connectivity index (χ2v) is 4.53. The first-order valence-electron chi connectivity index (χ1n) is 5.75. The zero-order chi connectivity index (χ0) is 14.9. The number of aliphatic carboxylic acids is 1. The molecular formula is C13H11N3O4. The minimum absolute atomic E-state index is 0.349. The number of hydrogen-bond donors (Lipinski definition) is 2. The molecule has 1 aromatic carbocycles. The summed E-state index contributed by atoms with van der Waals surface area (Å²) in [5.41, 5.74) is -0.579. The maximum atomic E-state index is 12.3. The van der Waals surface area contributed by atoms with Crippen LogP contribution in [0.25, 0.3) is 0 Å². The Morgan fingerprint density at radius 3 is 2.80 bits per heavy atom. The van der Waals surface area contributed by atoms with E-state index in [4.69, 9.17) is 10.4 Å². The average molecular weight is 273 g/mol. The number of hydrogen-bond acceptors (Lipinski definition) is 4. The first-order valence-corrected chi connectivity index (χ1v) is 5.75. The lowest BCUT2D eigenvalue weighted by molar-refractivity contribution is -0.142. The smallest absolute Gasteiger partial charge is 0.325 e. The number of carboxylic acids is 1. The van der Waals surface area contributed by atoms with Crippen LogP contribution >= 0.6 is 0 Å². The van der Waals surface area contributed by atoms with Crippen molar-refractivity contribution in [1.82, 2.24) is 10.2 Å².